The lowest BCUT2D eigenvalue weighted by Gasteiger charge is -2.36. The van der Waals surface area contributed by atoms with E-state index in [1.807, 2.05) is 0 Å². The molecule has 1 unspecified atom stereocenters. The molecule has 1 fully saturated rings. The second-order valence-electron chi connectivity index (χ2n) is 5.79. The van der Waals surface area contributed by atoms with Gasteiger partial charge in [-0.3, -0.25) is 4.90 Å². The predicted molar refractivity (Wildman–Crippen MR) is 84.5 cm³/mol. The van der Waals surface area contributed by atoms with Crippen LogP contribution in [0.2, 0.25) is 0 Å². The van der Waals surface area contributed by atoms with Crippen LogP contribution in [0.15, 0.2) is 0 Å². The highest BCUT2D eigenvalue weighted by molar-refractivity contribution is 7.99. The minimum Gasteiger partial charge on any atom is -0.315 e. The lowest BCUT2D eigenvalue weighted by molar-refractivity contribution is 0.145. The van der Waals surface area contributed by atoms with Crippen molar-refractivity contribution in [3.8, 4) is 0 Å². The van der Waals surface area contributed by atoms with Crippen molar-refractivity contribution in [1.29, 1.82) is 0 Å². The van der Waals surface area contributed by atoms with Crippen LogP contribution < -0.4 is 5.32 Å². The summed E-state index contributed by atoms with van der Waals surface area (Å²) in [6.07, 6.45) is 5.58. The Balaban J connectivity index is 2.19. The Morgan fingerprint density at radius 2 is 2.17 bits per heavy atom. The summed E-state index contributed by atoms with van der Waals surface area (Å²) in [5, 5.41) is 3.64. The molecule has 1 saturated heterocycles. The highest BCUT2D eigenvalue weighted by Gasteiger charge is 2.21. The lowest BCUT2D eigenvalue weighted by Crippen LogP contribution is -2.46. The smallest absolute Gasteiger partial charge is 0.0220 e. The average Bonchev–Trinajstić information content (AvgIpc) is 2.36. The van der Waals surface area contributed by atoms with Crippen LogP contribution in [0.1, 0.15) is 46.5 Å². The van der Waals surface area contributed by atoms with Crippen LogP contribution in [0.3, 0.4) is 0 Å². The topological polar surface area (TPSA) is 15.3 Å². The van der Waals surface area contributed by atoms with Crippen molar-refractivity contribution in [3.63, 3.8) is 0 Å². The zero-order chi connectivity index (χ0) is 13.2. The molecule has 1 aliphatic heterocycles. The molecule has 1 rings (SSSR count). The van der Waals surface area contributed by atoms with Crippen molar-refractivity contribution in [1.82, 2.24) is 10.2 Å². The molecule has 18 heavy (non-hydrogen) atoms. The first-order valence-corrected chi connectivity index (χ1v) is 8.92. The minimum absolute atomic E-state index is 0.767. The van der Waals surface area contributed by atoms with Gasteiger partial charge in [-0.2, -0.15) is 11.8 Å². The van der Waals surface area contributed by atoms with Gasteiger partial charge in [0.1, 0.15) is 0 Å². The molecule has 0 radical (unpaired) electrons. The van der Waals surface area contributed by atoms with Crippen molar-refractivity contribution in [2.24, 2.45) is 5.92 Å². The third-order valence-corrected chi connectivity index (χ3v) is 4.61. The van der Waals surface area contributed by atoms with Crippen molar-refractivity contribution in [2.45, 2.75) is 52.5 Å². The number of likely N-dealkylation sites (tertiary alicyclic amines) is 1. The summed E-state index contributed by atoms with van der Waals surface area (Å²) in [5.41, 5.74) is 0. The van der Waals surface area contributed by atoms with Crippen LogP contribution in [0.25, 0.3) is 0 Å². The van der Waals surface area contributed by atoms with Crippen molar-refractivity contribution in [2.75, 3.05) is 37.7 Å². The molecule has 0 aromatic heterocycles. The summed E-state index contributed by atoms with van der Waals surface area (Å²) >= 11 is 2.08. The lowest BCUT2D eigenvalue weighted by atomic mass is 10.0. The van der Waals surface area contributed by atoms with E-state index in [2.05, 4.69) is 42.7 Å². The fraction of sp³-hybridized carbons (Fsp3) is 1.00. The maximum absolute atomic E-state index is 3.64. The van der Waals surface area contributed by atoms with Gasteiger partial charge < -0.3 is 5.32 Å². The standard InChI is InChI=1S/C15H32N2S/c1-4-18-11-7-10-17-9-6-5-8-15(17)13-16-12-14(2)3/h14-16H,4-13H2,1-3H3. The molecule has 108 valence electrons. The van der Waals surface area contributed by atoms with Gasteiger partial charge in [0.05, 0.1) is 0 Å². The van der Waals surface area contributed by atoms with Gasteiger partial charge in [0.25, 0.3) is 0 Å². The molecule has 0 bridgehead atoms. The first-order valence-electron chi connectivity index (χ1n) is 7.76. The van der Waals surface area contributed by atoms with Gasteiger partial charge in [-0.1, -0.05) is 27.2 Å². The normalized spacial score (nSPS) is 21.7. The molecular weight excluding hydrogens is 240 g/mol. The molecule has 2 nitrogen and oxygen atoms in total. The van der Waals surface area contributed by atoms with Gasteiger partial charge in [-0.15, -0.1) is 0 Å². The van der Waals surface area contributed by atoms with E-state index >= 15 is 0 Å². The SMILES string of the molecule is CCSCCCN1CCCCC1CNCC(C)C. The maximum atomic E-state index is 3.64. The second kappa shape index (κ2) is 10.1. The molecule has 0 spiro atoms. The van der Waals surface area contributed by atoms with E-state index in [-0.39, 0.29) is 0 Å². The number of rotatable bonds is 9. The summed E-state index contributed by atoms with van der Waals surface area (Å²) in [4.78, 5) is 2.73. The maximum Gasteiger partial charge on any atom is 0.0220 e. The van der Waals surface area contributed by atoms with Crippen molar-refractivity contribution in [3.05, 3.63) is 0 Å². The number of nitrogens with one attached hydrogen (secondary N) is 1. The monoisotopic (exact) mass is 272 g/mol. The Kier molecular flexibility index (Phi) is 9.16. The Bertz CT molecular complexity index is 197. The van der Waals surface area contributed by atoms with E-state index in [4.69, 9.17) is 0 Å². The highest BCUT2D eigenvalue weighted by atomic mass is 32.2. The molecule has 1 atom stereocenters. The van der Waals surface area contributed by atoms with Crippen LogP contribution >= 0.6 is 11.8 Å². The third kappa shape index (κ3) is 7.01. The number of hydrogen-bond donors (Lipinski definition) is 1. The van der Waals surface area contributed by atoms with E-state index in [0.29, 0.717) is 0 Å². The predicted octanol–water partition coefficient (Wildman–Crippen LogP) is 3.23. The molecule has 3 heteroatoms. The largest absolute Gasteiger partial charge is 0.315 e. The number of nitrogens with zero attached hydrogens (tertiary/aromatic N) is 1. The molecule has 1 N–H and O–H groups in total. The molecular formula is C15H32N2S. The zero-order valence-corrected chi connectivity index (χ0v) is 13.4. The van der Waals surface area contributed by atoms with E-state index in [1.54, 1.807) is 0 Å². The Morgan fingerprint density at radius 1 is 1.33 bits per heavy atom. The third-order valence-electron chi connectivity index (χ3n) is 3.62. The van der Waals surface area contributed by atoms with E-state index in [1.165, 1.54) is 56.8 Å². The first kappa shape index (κ1) is 16.3. The Labute approximate surface area is 118 Å². The summed E-state index contributed by atoms with van der Waals surface area (Å²) in [6.45, 7) is 11.8. The number of hydrogen-bond acceptors (Lipinski definition) is 3. The molecule has 1 heterocycles. The van der Waals surface area contributed by atoms with E-state index in [0.717, 1.165) is 18.5 Å². The van der Waals surface area contributed by atoms with E-state index < -0.39 is 0 Å². The molecule has 0 saturated carbocycles. The summed E-state index contributed by atoms with van der Waals surface area (Å²) in [6, 6.07) is 0.795. The van der Waals surface area contributed by atoms with Crippen LogP contribution in [0, 0.1) is 5.92 Å². The quantitative estimate of drug-likeness (QED) is 0.649. The summed E-state index contributed by atoms with van der Waals surface area (Å²) in [5.74, 6) is 3.36. The summed E-state index contributed by atoms with van der Waals surface area (Å²) in [7, 11) is 0. The van der Waals surface area contributed by atoms with Gasteiger partial charge in [-0.05, 0) is 56.3 Å². The van der Waals surface area contributed by atoms with Gasteiger partial charge in [-0.25, -0.2) is 0 Å². The molecule has 0 aromatic rings. The second-order valence-corrected chi connectivity index (χ2v) is 7.18. The Hall–Kier alpha value is 0.270. The molecule has 0 aromatic carbocycles. The fourth-order valence-electron chi connectivity index (χ4n) is 2.64. The van der Waals surface area contributed by atoms with Crippen molar-refractivity contribution >= 4 is 11.8 Å². The average molecular weight is 273 g/mol. The van der Waals surface area contributed by atoms with Crippen LogP contribution in [0.4, 0.5) is 0 Å². The molecule has 0 amide bonds. The van der Waals surface area contributed by atoms with Gasteiger partial charge >= 0.3 is 0 Å². The van der Waals surface area contributed by atoms with Crippen molar-refractivity contribution < 1.29 is 0 Å². The molecule has 1 aliphatic rings. The molecule has 0 aliphatic carbocycles. The fourth-order valence-corrected chi connectivity index (χ4v) is 3.26. The number of piperidine rings is 1. The van der Waals surface area contributed by atoms with Gasteiger partial charge in [0.2, 0.25) is 0 Å². The Morgan fingerprint density at radius 3 is 2.89 bits per heavy atom. The number of thioether (sulfide) groups is 1. The van der Waals surface area contributed by atoms with Gasteiger partial charge in [0.15, 0.2) is 0 Å². The van der Waals surface area contributed by atoms with Crippen LogP contribution in [0.5, 0.6) is 0 Å². The first-order chi connectivity index (χ1) is 8.74. The van der Waals surface area contributed by atoms with Crippen LogP contribution in [-0.2, 0) is 0 Å². The minimum atomic E-state index is 0.767. The summed E-state index contributed by atoms with van der Waals surface area (Å²) < 4.78 is 0. The van der Waals surface area contributed by atoms with E-state index in [9.17, 15) is 0 Å². The van der Waals surface area contributed by atoms with Crippen LogP contribution in [-0.4, -0.2) is 48.6 Å². The zero-order valence-electron chi connectivity index (χ0n) is 12.6. The highest BCUT2D eigenvalue weighted by Crippen LogP contribution is 2.17. The van der Waals surface area contributed by atoms with Gasteiger partial charge in [0, 0.05) is 12.6 Å².